The van der Waals surface area contributed by atoms with Gasteiger partial charge >= 0.3 is 5.63 Å². The van der Waals surface area contributed by atoms with Gasteiger partial charge in [0.1, 0.15) is 56.4 Å². The summed E-state index contributed by atoms with van der Waals surface area (Å²) in [5, 5.41) is 0.872. The van der Waals surface area contributed by atoms with Crippen molar-refractivity contribution in [2.24, 2.45) is 0 Å². The molecule has 1 aliphatic rings. The molecule has 4 rings (SSSR count). The van der Waals surface area contributed by atoms with Gasteiger partial charge in [-0.1, -0.05) is 12.1 Å². The van der Waals surface area contributed by atoms with Gasteiger partial charge in [-0.25, -0.2) is 4.79 Å². The van der Waals surface area contributed by atoms with Crippen molar-refractivity contribution in [3.63, 3.8) is 0 Å². The molecule has 0 unspecified atom stereocenters. The van der Waals surface area contributed by atoms with Gasteiger partial charge < -0.3 is 23.7 Å². The van der Waals surface area contributed by atoms with Crippen LogP contribution in [0.5, 0.6) is 11.5 Å². The Labute approximate surface area is 176 Å². The van der Waals surface area contributed by atoms with E-state index < -0.39 is 0 Å². The molecule has 6 nitrogen and oxygen atoms in total. The summed E-state index contributed by atoms with van der Waals surface area (Å²) < 4.78 is 16.7. The van der Waals surface area contributed by atoms with Crippen molar-refractivity contribution in [1.82, 2.24) is 0 Å². The van der Waals surface area contributed by atoms with Crippen LogP contribution in [0.1, 0.15) is 6.92 Å². The normalized spacial score (nSPS) is 19.0. The zero-order valence-corrected chi connectivity index (χ0v) is 17.7. The SMILES string of the molecule is CC[NH+]1CC[NH+](CCOc2ccc3cc(-c4ccc(OC)cc4)c(=O)oc3c2)CC1. The van der Waals surface area contributed by atoms with Crippen LogP contribution >= 0.6 is 0 Å². The van der Waals surface area contributed by atoms with Crippen molar-refractivity contribution in [2.75, 3.05) is 53.0 Å². The lowest BCUT2D eigenvalue weighted by Gasteiger charge is -2.28. The molecule has 1 aromatic heterocycles. The highest BCUT2D eigenvalue weighted by Gasteiger charge is 2.21. The van der Waals surface area contributed by atoms with E-state index in [1.807, 2.05) is 48.5 Å². The molecule has 0 spiro atoms. The molecule has 1 saturated heterocycles. The summed E-state index contributed by atoms with van der Waals surface area (Å²) in [5.41, 5.74) is 1.53. The Morgan fingerprint density at radius 2 is 1.63 bits per heavy atom. The Morgan fingerprint density at radius 1 is 0.933 bits per heavy atom. The molecule has 2 aromatic carbocycles. The number of rotatable bonds is 7. The van der Waals surface area contributed by atoms with Gasteiger partial charge in [0, 0.05) is 11.5 Å². The minimum absolute atomic E-state index is 0.356. The largest absolute Gasteiger partial charge is 0.497 e. The molecule has 0 bridgehead atoms. The predicted molar refractivity (Wildman–Crippen MR) is 117 cm³/mol. The van der Waals surface area contributed by atoms with Gasteiger partial charge in [-0.05, 0) is 42.8 Å². The van der Waals surface area contributed by atoms with Crippen LogP contribution in [-0.2, 0) is 0 Å². The van der Waals surface area contributed by atoms with Gasteiger partial charge in [-0.3, -0.25) is 0 Å². The lowest BCUT2D eigenvalue weighted by molar-refractivity contribution is -1.01. The number of ether oxygens (including phenoxy) is 2. The number of likely N-dealkylation sites (N-methyl/N-ethyl adjacent to an activating group) is 1. The van der Waals surface area contributed by atoms with Crippen molar-refractivity contribution >= 4 is 11.0 Å². The zero-order chi connectivity index (χ0) is 20.9. The first-order valence-electron chi connectivity index (χ1n) is 10.7. The van der Waals surface area contributed by atoms with Crippen LogP contribution in [0.15, 0.2) is 57.7 Å². The summed E-state index contributed by atoms with van der Waals surface area (Å²) in [6.45, 7) is 10.0. The van der Waals surface area contributed by atoms with Crippen molar-refractivity contribution in [1.29, 1.82) is 0 Å². The first kappa shape index (κ1) is 20.4. The highest BCUT2D eigenvalue weighted by molar-refractivity contribution is 5.82. The van der Waals surface area contributed by atoms with Gasteiger partial charge in [0.25, 0.3) is 0 Å². The van der Waals surface area contributed by atoms with E-state index in [1.165, 1.54) is 32.7 Å². The van der Waals surface area contributed by atoms with E-state index in [2.05, 4.69) is 6.92 Å². The molecule has 2 heterocycles. The number of fused-ring (bicyclic) bond motifs is 1. The average Bonchev–Trinajstić information content (AvgIpc) is 2.79. The van der Waals surface area contributed by atoms with E-state index in [4.69, 9.17) is 13.9 Å². The van der Waals surface area contributed by atoms with Crippen molar-refractivity contribution in [2.45, 2.75) is 6.92 Å². The third kappa shape index (κ3) is 4.66. The maximum Gasteiger partial charge on any atom is 0.344 e. The average molecular weight is 411 g/mol. The lowest BCUT2D eigenvalue weighted by atomic mass is 10.1. The Kier molecular flexibility index (Phi) is 6.35. The molecule has 0 amide bonds. The van der Waals surface area contributed by atoms with Crippen LogP contribution in [0.25, 0.3) is 22.1 Å². The molecule has 0 radical (unpaired) electrons. The predicted octanol–water partition coefficient (Wildman–Crippen LogP) is 0.651. The molecule has 3 aromatic rings. The van der Waals surface area contributed by atoms with Crippen molar-refractivity contribution in [3.8, 4) is 22.6 Å². The molecular formula is C24H30N2O4+2. The summed E-state index contributed by atoms with van der Waals surface area (Å²) in [6, 6.07) is 14.9. The fraction of sp³-hybridized carbons (Fsp3) is 0.375. The number of methoxy groups -OCH3 is 1. The second-order valence-corrected chi connectivity index (χ2v) is 7.83. The fourth-order valence-electron chi connectivity index (χ4n) is 4.03. The molecule has 1 aliphatic heterocycles. The molecule has 2 N–H and O–H groups in total. The molecule has 0 atom stereocenters. The Bertz CT molecular complexity index is 1040. The number of piperazine rings is 1. The molecule has 158 valence electrons. The van der Waals surface area contributed by atoms with Crippen LogP contribution in [0, 0.1) is 0 Å². The standard InChI is InChI=1S/C24H28N2O4/c1-3-25-10-12-26(13-11-25)14-15-29-21-9-6-19-16-22(24(27)30-23(19)17-21)18-4-7-20(28-2)8-5-18/h4-9,16-17H,3,10-15H2,1-2H3/p+2. The minimum Gasteiger partial charge on any atom is -0.497 e. The summed E-state index contributed by atoms with van der Waals surface area (Å²) in [7, 11) is 1.62. The van der Waals surface area contributed by atoms with Gasteiger partial charge in [0.15, 0.2) is 0 Å². The molecule has 30 heavy (non-hydrogen) atoms. The quantitative estimate of drug-likeness (QED) is 0.562. The number of benzene rings is 2. The number of nitrogens with one attached hydrogen (secondary N) is 2. The Balaban J connectivity index is 1.42. The fourth-order valence-corrected chi connectivity index (χ4v) is 4.03. The lowest BCUT2D eigenvalue weighted by Crippen LogP contribution is -3.28. The highest BCUT2D eigenvalue weighted by atomic mass is 16.5. The number of hydrogen-bond acceptors (Lipinski definition) is 4. The van der Waals surface area contributed by atoms with E-state index in [-0.39, 0.29) is 5.63 Å². The summed E-state index contributed by atoms with van der Waals surface area (Å²) >= 11 is 0. The van der Waals surface area contributed by atoms with E-state index >= 15 is 0 Å². The van der Waals surface area contributed by atoms with Crippen LogP contribution in [-0.4, -0.2) is 53.0 Å². The minimum atomic E-state index is -0.356. The molecule has 6 heteroatoms. The highest BCUT2D eigenvalue weighted by Crippen LogP contribution is 2.25. The van der Waals surface area contributed by atoms with Gasteiger partial charge in [0.2, 0.25) is 0 Å². The second-order valence-electron chi connectivity index (χ2n) is 7.83. The van der Waals surface area contributed by atoms with E-state index in [1.54, 1.807) is 16.9 Å². The molecular weight excluding hydrogens is 380 g/mol. The molecule has 1 fully saturated rings. The zero-order valence-electron chi connectivity index (χ0n) is 17.7. The van der Waals surface area contributed by atoms with Gasteiger partial charge in [-0.2, -0.15) is 0 Å². The van der Waals surface area contributed by atoms with Crippen molar-refractivity contribution < 1.29 is 23.7 Å². The molecule has 0 aliphatic carbocycles. The maximum atomic E-state index is 12.5. The number of hydrogen-bond donors (Lipinski definition) is 2. The van der Waals surface area contributed by atoms with Crippen LogP contribution in [0.2, 0.25) is 0 Å². The smallest absolute Gasteiger partial charge is 0.344 e. The van der Waals surface area contributed by atoms with Crippen molar-refractivity contribution in [3.05, 3.63) is 59.0 Å². The third-order valence-corrected chi connectivity index (χ3v) is 6.00. The third-order valence-electron chi connectivity index (χ3n) is 6.00. The van der Waals surface area contributed by atoms with Gasteiger partial charge in [0.05, 0.1) is 19.2 Å². The Hall–Kier alpha value is -2.83. The van der Waals surface area contributed by atoms with Crippen LogP contribution in [0.4, 0.5) is 0 Å². The first-order valence-corrected chi connectivity index (χ1v) is 10.7. The topological polar surface area (TPSA) is 57.5 Å². The first-order chi connectivity index (χ1) is 14.7. The summed E-state index contributed by atoms with van der Waals surface area (Å²) in [6.07, 6.45) is 0. The van der Waals surface area contributed by atoms with Crippen LogP contribution < -0.4 is 24.9 Å². The summed E-state index contributed by atoms with van der Waals surface area (Å²) in [4.78, 5) is 15.8. The van der Waals surface area contributed by atoms with E-state index in [0.717, 1.165) is 29.0 Å². The van der Waals surface area contributed by atoms with Gasteiger partial charge in [-0.15, -0.1) is 0 Å². The molecule has 0 saturated carbocycles. The van der Waals surface area contributed by atoms with Crippen LogP contribution in [0.3, 0.4) is 0 Å². The van der Waals surface area contributed by atoms with E-state index in [0.29, 0.717) is 17.8 Å². The van der Waals surface area contributed by atoms with E-state index in [9.17, 15) is 4.79 Å². The number of quaternary nitrogens is 2. The monoisotopic (exact) mass is 410 g/mol. The second kappa shape index (κ2) is 9.32. The Morgan fingerprint density at radius 3 is 2.33 bits per heavy atom. The maximum absolute atomic E-state index is 12.5. The summed E-state index contributed by atoms with van der Waals surface area (Å²) in [5.74, 6) is 1.49.